The highest BCUT2D eigenvalue weighted by Crippen LogP contribution is 2.19. The van der Waals surface area contributed by atoms with Gasteiger partial charge in [0.05, 0.1) is 0 Å². The maximum absolute atomic E-state index is 4.52. The molecule has 21 heavy (non-hydrogen) atoms. The highest BCUT2D eigenvalue weighted by molar-refractivity contribution is 5.42. The second kappa shape index (κ2) is 6.57. The molecule has 0 aliphatic heterocycles. The van der Waals surface area contributed by atoms with Crippen LogP contribution in [-0.4, -0.2) is 29.6 Å². The van der Waals surface area contributed by atoms with Gasteiger partial charge in [0.25, 0.3) is 0 Å². The second-order valence-electron chi connectivity index (χ2n) is 6.13. The fourth-order valence-corrected chi connectivity index (χ4v) is 2.14. The van der Waals surface area contributed by atoms with E-state index in [0.717, 1.165) is 24.6 Å². The van der Waals surface area contributed by atoms with Gasteiger partial charge >= 0.3 is 0 Å². The Morgan fingerprint density at radius 3 is 2.48 bits per heavy atom. The molecule has 0 amide bonds. The number of benzene rings is 1. The van der Waals surface area contributed by atoms with Gasteiger partial charge in [0.15, 0.2) is 0 Å². The van der Waals surface area contributed by atoms with Gasteiger partial charge < -0.3 is 10.2 Å². The van der Waals surface area contributed by atoms with Crippen LogP contribution in [0.5, 0.6) is 0 Å². The molecule has 112 valence electrons. The molecule has 4 heteroatoms. The smallest absolute Gasteiger partial charge is 0.226 e. The first-order valence-electron chi connectivity index (χ1n) is 7.29. The topological polar surface area (TPSA) is 41.1 Å². The molecule has 0 saturated carbocycles. The Bertz CT molecular complexity index is 564. The molecule has 0 spiro atoms. The first-order chi connectivity index (χ1) is 9.96. The van der Waals surface area contributed by atoms with Crippen LogP contribution in [0.25, 0.3) is 0 Å². The minimum atomic E-state index is -0.0201. The summed E-state index contributed by atoms with van der Waals surface area (Å²) in [5, 5.41) is 3.51. The van der Waals surface area contributed by atoms with Crippen LogP contribution in [0, 0.1) is 0 Å². The Morgan fingerprint density at radius 1 is 1.10 bits per heavy atom. The molecule has 0 unspecified atom stereocenters. The number of rotatable bonds is 6. The quantitative estimate of drug-likeness (QED) is 0.883. The Morgan fingerprint density at radius 2 is 1.81 bits per heavy atom. The Balaban J connectivity index is 1.98. The number of hydrogen-bond donors (Lipinski definition) is 1. The summed E-state index contributed by atoms with van der Waals surface area (Å²) in [5.74, 6) is 1.59. The third-order valence-corrected chi connectivity index (χ3v) is 3.39. The molecule has 0 atom stereocenters. The molecule has 4 nitrogen and oxygen atoms in total. The van der Waals surface area contributed by atoms with Gasteiger partial charge in [-0.3, -0.25) is 0 Å². The van der Waals surface area contributed by atoms with Crippen LogP contribution >= 0.6 is 0 Å². The fraction of sp³-hybridized carbons (Fsp3) is 0.412. The molecular formula is C17H24N4. The molecule has 0 radical (unpaired) electrons. The number of nitrogens with one attached hydrogen (secondary N) is 1. The lowest BCUT2D eigenvalue weighted by Gasteiger charge is -2.27. The number of hydrogen-bond acceptors (Lipinski definition) is 4. The van der Waals surface area contributed by atoms with Crippen molar-refractivity contribution in [2.24, 2.45) is 0 Å². The van der Waals surface area contributed by atoms with E-state index in [9.17, 15) is 0 Å². The summed E-state index contributed by atoms with van der Waals surface area (Å²) >= 11 is 0. The van der Waals surface area contributed by atoms with E-state index in [-0.39, 0.29) is 5.54 Å². The van der Waals surface area contributed by atoms with Gasteiger partial charge in [0, 0.05) is 25.8 Å². The zero-order valence-corrected chi connectivity index (χ0v) is 13.3. The maximum atomic E-state index is 4.52. The van der Waals surface area contributed by atoms with Crippen LogP contribution in [0.4, 0.5) is 11.8 Å². The summed E-state index contributed by atoms with van der Waals surface area (Å²) in [6, 6.07) is 12.5. The maximum Gasteiger partial charge on any atom is 0.226 e. The van der Waals surface area contributed by atoms with E-state index in [1.807, 2.05) is 25.1 Å². The average molecular weight is 284 g/mol. The van der Waals surface area contributed by atoms with Crippen molar-refractivity contribution in [3.8, 4) is 0 Å². The molecule has 2 rings (SSSR count). The molecule has 1 aromatic carbocycles. The molecular weight excluding hydrogens is 260 g/mol. The minimum absolute atomic E-state index is 0.0201. The van der Waals surface area contributed by atoms with Gasteiger partial charge in [-0.2, -0.15) is 4.98 Å². The second-order valence-corrected chi connectivity index (χ2v) is 6.13. The lowest BCUT2D eigenvalue weighted by atomic mass is 9.95. The van der Waals surface area contributed by atoms with E-state index in [1.165, 1.54) is 5.56 Å². The molecule has 0 aliphatic rings. The Hall–Kier alpha value is -2.10. The van der Waals surface area contributed by atoms with Gasteiger partial charge in [-0.25, -0.2) is 4.98 Å². The van der Waals surface area contributed by atoms with Crippen molar-refractivity contribution in [3.05, 3.63) is 48.2 Å². The summed E-state index contributed by atoms with van der Waals surface area (Å²) in [7, 11) is 3.89. The number of anilines is 2. The number of aryl methyl sites for hydroxylation is 1. The molecule has 0 saturated heterocycles. The van der Waals surface area contributed by atoms with E-state index in [0.29, 0.717) is 0 Å². The normalized spacial score (nSPS) is 11.2. The van der Waals surface area contributed by atoms with E-state index >= 15 is 0 Å². The summed E-state index contributed by atoms with van der Waals surface area (Å²) in [4.78, 5) is 10.7. The van der Waals surface area contributed by atoms with Crippen LogP contribution in [0.3, 0.4) is 0 Å². The molecule has 2 aromatic rings. The highest BCUT2D eigenvalue weighted by Gasteiger charge is 2.18. The van der Waals surface area contributed by atoms with Gasteiger partial charge in [-0.15, -0.1) is 0 Å². The molecule has 0 fully saturated rings. The fourth-order valence-electron chi connectivity index (χ4n) is 2.14. The third kappa shape index (κ3) is 4.74. The number of aromatic nitrogens is 2. The predicted octanol–water partition coefficient (Wildman–Crippen LogP) is 3.37. The lowest BCUT2D eigenvalue weighted by molar-refractivity contribution is 0.516. The monoisotopic (exact) mass is 284 g/mol. The van der Waals surface area contributed by atoms with E-state index < -0.39 is 0 Å². The van der Waals surface area contributed by atoms with Crippen molar-refractivity contribution in [2.75, 3.05) is 24.3 Å². The van der Waals surface area contributed by atoms with Crippen molar-refractivity contribution in [3.63, 3.8) is 0 Å². The highest BCUT2D eigenvalue weighted by atomic mass is 15.2. The molecule has 1 aromatic heterocycles. The zero-order chi connectivity index (χ0) is 15.3. The summed E-state index contributed by atoms with van der Waals surface area (Å²) in [6.45, 7) is 4.40. The van der Waals surface area contributed by atoms with Gasteiger partial charge in [-0.1, -0.05) is 30.3 Å². The first kappa shape index (κ1) is 15.3. The largest absolute Gasteiger partial charge is 0.365 e. The Kier molecular flexibility index (Phi) is 4.78. The summed E-state index contributed by atoms with van der Waals surface area (Å²) in [6.07, 6.45) is 3.88. The zero-order valence-electron chi connectivity index (χ0n) is 13.3. The molecule has 0 aliphatic carbocycles. The first-order valence-corrected chi connectivity index (χ1v) is 7.29. The summed E-state index contributed by atoms with van der Waals surface area (Å²) in [5.41, 5.74) is 1.34. The Labute approximate surface area is 127 Å². The van der Waals surface area contributed by atoms with Crippen LogP contribution < -0.4 is 10.2 Å². The molecule has 0 bridgehead atoms. The van der Waals surface area contributed by atoms with Crippen LogP contribution in [0.1, 0.15) is 25.8 Å². The molecule has 1 N–H and O–H groups in total. The van der Waals surface area contributed by atoms with E-state index in [1.54, 1.807) is 6.20 Å². The number of nitrogens with zero attached hydrogens (tertiary/aromatic N) is 3. The SMILES string of the molecule is CN(C)c1nccc(NC(C)(C)CCc2ccccc2)n1. The van der Waals surface area contributed by atoms with Crippen molar-refractivity contribution in [1.29, 1.82) is 0 Å². The average Bonchev–Trinajstić information content (AvgIpc) is 2.46. The minimum Gasteiger partial charge on any atom is -0.365 e. The lowest BCUT2D eigenvalue weighted by Crippen LogP contribution is -2.32. The standard InChI is InChI=1S/C17H24N4/c1-17(2,12-10-14-8-6-5-7-9-14)20-15-11-13-18-16(19-15)21(3)4/h5-9,11,13H,10,12H2,1-4H3,(H,18,19,20). The van der Waals surface area contributed by atoms with Crippen LogP contribution in [0.15, 0.2) is 42.6 Å². The predicted molar refractivity (Wildman–Crippen MR) is 88.8 cm³/mol. The molecule has 1 heterocycles. The van der Waals surface area contributed by atoms with Crippen LogP contribution in [0.2, 0.25) is 0 Å². The van der Waals surface area contributed by atoms with Crippen molar-refractivity contribution >= 4 is 11.8 Å². The van der Waals surface area contributed by atoms with Crippen molar-refractivity contribution < 1.29 is 0 Å². The van der Waals surface area contributed by atoms with Crippen molar-refractivity contribution in [2.45, 2.75) is 32.2 Å². The third-order valence-electron chi connectivity index (χ3n) is 3.39. The van der Waals surface area contributed by atoms with Gasteiger partial charge in [0.1, 0.15) is 5.82 Å². The summed E-state index contributed by atoms with van der Waals surface area (Å²) < 4.78 is 0. The van der Waals surface area contributed by atoms with E-state index in [2.05, 4.69) is 59.5 Å². The van der Waals surface area contributed by atoms with Gasteiger partial charge in [0.2, 0.25) is 5.95 Å². The van der Waals surface area contributed by atoms with Gasteiger partial charge in [-0.05, 0) is 38.3 Å². The van der Waals surface area contributed by atoms with Crippen LogP contribution in [-0.2, 0) is 6.42 Å². The van der Waals surface area contributed by atoms with Crippen molar-refractivity contribution in [1.82, 2.24) is 9.97 Å². The van der Waals surface area contributed by atoms with E-state index in [4.69, 9.17) is 0 Å².